The van der Waals surface area contributed by atoms with Crippen molar-refractivity contribution in [3.63, 3.8) is 0 Å². The van der Waals surface area contributed by atoms with Gasteiger partial charge in [0.15, 0.2) is 0 Å². The number of rotatable bonds is 30. The number of aliphatic hydroxyl groups excluding tert-OH is 3. The number of hydrogen-bond acceptors (Lipinski definition) is 16. The maximum absolute atomic E-state index is 15.0. The van der Waals surface area contributed by atoms with Gasteiger partial charge in [0, 0.05) is 6.42 Å². The molecule has 0 aromatic carbocycles. The monoisotopic (exact) mass is 1250 g/mol. The molecule has 0 aliphatic carbocycles. The molecule has 10 amide bonds. The Morgan fingerprint density at radius 2 is 0.943 bits per heavy atom. The fraction of sp³-hybridized carbons (Fsp3) is 0.803. The lowest BCUT2D eigenvalue weighted by Crippen LogP contribution is -2.63. The molecule has 0 aromatic heterocycles. The number of aliphatic carboxylic acids is 1. The molecule has 88 heavy (non-hydrogen) atoms. The van der Waals surface area contributed by atoms with Crippen molar-refractivity contribution in [1.82, 2.24) is 53.2 Å². The third-order valence-electron chi connectivity index (χ3n) is 15.3. The summed E-state index contributed by atoms with van der Waals surface area (Å²) in [5, 5.41) is 66.9. The zero-order chi connectivity index (χ0) is 67.1. The number of carboxylic acid groups (broad SMARTS) is 1. The topological polar surface area (TPSA) is 415 Å². The normalized spacial score (nSPS) is 24.4. The molecular formula is C61H108N10O17. The number of ether oxygens (including phenoxy) is 1. The van der Waals surface area contributed by atoms with E-state index in [4.69, 9.17) is 4.74 Å². The zero-order valence-electron chi connectivity index (χ0n) is 54.5. The Balaban J connectivity index is 4.17. The third-order valence-corrected chi connectivity index (χ3v) is 15.3. The summed E-state index contributed by atoms with van der Waals surface area (Å²) in [5.41, 5.74) is 0. The van der Waals surface area contributed by atoms with Gasteiger partial charge in [-0.15, -0.1) is 0 Å². The first kappa shape index (κ1) is 79.5. The molecule has 1 fully saturated rings. The molecule has 14 N–H and O–H groups in total. The summed E-state index contributed by atoms with van der Waals surface area (Å²) < 4.78 is 5.90. The molecule has 0 aromatic rings. The summed E-state index contributed by atoms with van der Waals surface area (Å²) in [4.78, 5) is 169. The van der Waals surface area contributed by atoms with Crippen LogP contribution in [-0.4, -0.2) is 177 Å². The van der Waals surface area contributed by atoms with E-state index in [0.717, 1.165) is 25.7 Å². The highest BCUT2D eigenvalue weighted by molar-refractivity contribution is 5.99. The predicted molar refractivity (Wildman–Crippen MR) is 327 cm³/mol. The Morgan fingerprint density at radius 3 is 1.39 bits per heavy atom. The first-order chi connectivity index (χ1) is 41.2. The molecular weight excluding hydrogens is 1140 g/mol. The summed E-state index contributed by atoms with van der Waals surface area (Å²) in [6.07, 6.45) is 1.05. The summed E-state index contributed by atoms with van der Waals surface area (Å²) in [6.45, 7) is 21.9. The van der Waals surface area contributed by atoms with E-state index < -0.39 is 182 Å². The average molecular weight is 1250 g/mol. The second kappa shape index (κ2) is 40.9. The van der Waals surface area contributed by atoms with Crippen LogP contribution in [0.3, 0.4) is 0 Å². The molecule has 1 aliphatic rings. The molecule has 0 bridgehead atoms. The summed E-state index contributed by atoms with van der Waals surface area (Å²) >= 11 is 0. The van der Waals surface area contributed by atoms with Gasteiger partial charge in [-0.1, -0.05) is 135 Å². The second-order valence-electron chi connectivity index (χ2n) is 25.2. The van der Waals surface area contributed by atoms with Gasteiger partial charge in [0.05, 0.1) is 25.7 Å². The van der Waals surface area contributed by atoms with Crippen LogP contribution >= 0.6 is 0 Å². The molecule has 0 unspecified atom stereocenters. The van der Waals surface area contributed by atoms with Crippen LogP contribution in [0.4, 0.5) is 0 Å². The van der Waals surface area contributed by atoms with Gasteiger partial charge in [0.2, 0.25) is 59.1 Å². The van der Waals surface area contributed by atoms with Crippen molar-refractivity contribution in [2.45, 2.75) is 266 Å². The minimum Gasteiger partial charge on any atom is -0.481 e. The minimum absolute atomic E-state index is 0.00440. The van der Waals surface area contributed by atoms with Gasteiger partial charge in [-0.05, 0) is 81.0 Å². The Bertz CT molecular complexity index is 2290. The zero-order valence-corrected chi connectivity index (χ0v) is 54.5. The highest BCUT2D eigenvalue weighted by Gasteiger charge is 2.41. The molecule has 1 saturated heterocycles. The molecule has 1 aliphatic heterocycles. The maximum Gasteiger partial charge on any atom is 0.329 e. The van der Waals surface area contributed by atoms with E-state index in [9.17, 15) is 78.0 Å². The van der Waals surface area contributed by atoms with Gasteiger partial charge < -0.3 is 78.3 Å². The Hall–Kier alpha value is -6.48. The first-order valence-corrected chi connectivity index (χ1v) is 31.6. The van der Waals surface area contributed by atoms with Crippen LogP contribution < -0.4 is 53.2 Å². The molecule has 0 saturated carbocycles. The lowest BCUT2D eigenvalue weighted by Gasteiger charge is -2.32. The smallest absolute Gasteiger partial charge is 0.329 e. The van der Waals surface area contributed by atoms with Crippen molar-refractivity contribution in [2.24, 2.45) is 35.5 Å². The average Bonchev–Trinajstić information content (AvgIpc) is 3.62. The number of carbonyl (C=O) groups is 12. The lowest BCUT2D eigenvalue weighted by atomic mass is 9.96. The van der Waals surface area contributed by atoms with Crippen molar-refractivity contribution in [3.05, 3.63) is 0 Å². The van der Waals surface area contributed by atoms with Crippen molar-refractivity contribution >= 4 is 71.0 Å². The second-order valence-corrected chi connectivity index (χ2v) is 25.2. The first-order valence-electron chi connectivity index (χ1n) is 31.6. The lowest BCUT2D eigenvalue weighted by molar-refractivity contribution is -0.158. The molecule has 0 radical (unpaired) electrons. The van der Waals surface area contributed by atoms with Gasteiger partial charge in [-0.25, -0.2) is 4.79 Å². The van der Waals surface area contributed by atoms with E-state index in [1.807, 2.05) is 0 Å². The van der Waals surface area contributed by atoms with E-state index in [1.165, 1.54) is 6.92 Å². The number of unbranched alkanes of at least 4 members (excludes halogenated alkanes) is 4. The van der Waals surface area contributed by atoms with Gasteiger partial charge in [-0.2, -0.15) is 0 Å². The molecule has 1 heterocycles. The van der Waals surface area contributed by atoms with Crippen LogP contribution in [0.15, 0.2) is 0 Å². The molecule has 504 valence electrons. The highest BCUT2D eigenvalue weighted by atomic mass is 16.5. The van der Waals surface area contributed by atoms with Crippen molar-refractivity contribution in [3.8, 4) is 0 Å². The van der Waals surface area contributed by atoms with Crippen LogP contribution in [-0.2, 0) is 62.3 Å². The molecule has 27 nitrogen and oxygen atoms in total. The van der Waals surface area contributed by atoms with Gasteiger partial charge in [0.1, 0.15) is 66.5 Å². The quantitative estimate of drug-likeness (QED) is 0.0353. The SMILES string of the molecule is CCCCCCC[C@@H](O)CC(=O)N[C@H](CC(C)C)C(=O)N[C@@H](CCC(=O)O)C(=O)N[C@H]1C(=O)N[C@@H]([C@@H](C)CC)C(=O)N[C@@H](CC(C)C)C(=O)N[C@H](CO)C(=O)N[C@@H](CC(C)C)C(=O)N[C@@H](CC(C)C)C(=O)N[C@@H](CO)C(=O)N[C@@H]([C@@H](C)CC)C(=O)O[C@@H]1C. The van der Waals surface area contributed by atoms with Crippen molar-refractivity contribution in [1.29, 1.82) is 0 Å². The van der Waals surface area contributed by atoms with Gasteiger partial charge in [-0.3, -0.25) is 52.7 Å². The van der Waals surface area contributed by atoms with Crippen LogP contribution in [0, 0.1) is 35.5 Å². The third kappa shape index (κ3) is 29.2. The number of hydrogen-bond donors (Lipinski definition) is 14. The fourth-order valence-corrected chi connectivity index (χ4v) is 9.75. The van der Waals surface area contributed by atoms with E-state index in [0.29, 0.717) is 12.8 Å². The van der Waals surface area contributed by atoms with Crippen LogP contribution in [0.5, 0.6) is 0 Å². The van der Waals surface area contributed by atoms with Gasteiger partial charge in [0.25, 0.3) is 0 Å². The number of aliphatic hydroxyl groups is 3. The van der Waals surface area contributed by atoms with E-state index in [-0.39, 0.29) is 68.6 Å². The molecule has 0 spiro atoms. The number of nitrogens with one attached hydrogen (secondary N) is 10. The number of carbonyl (C=O) groups excluding carboxylic acids is 11. The van der Waals surface area contributed by atoms with E-state index in [2.05, 4.69) is 60.1 Å². The number of cyclic esters (lactones) is 1. The Labute approximate surface area is 519 Å². The van der Waals surface area contributed by atoms with Gasteiger partial charge >= 0.3 is 11.9 Å². The molecule has 27 heteroatoms. The van der Waals surface area contributed by atoms with E-state index in [1.54, 1.807) is 83.1 Å². The minimum atomic E-state index is -1.99. The Morgan fingerprint density at radius 1 is 0.511 bits per heavy atom. The summed E-state index contributed by atoms with van der Waals surface area (Å²) in [6, 6.07) is -15.7. The largest absolute Gasteiger partial charge is 0.481 e. The van der Waals surface area contributed by atoms with E-state index >= 15 is 0 Å². The molecule has 14 atom stereocenters. The summed E-state index contributed by atoms with van der Waals surface area (Å²) in [5.74, 6) is -14.6. The fourth-order valence-electron chi connectivity index (χ4n) is 9.75. The number of amides is 10. The van der Waals surface area contributed by atoms with Crippen LogP contribution in [0.1, 0.15) is 193 Å². The van der Waals surface area contributed by atoms with Crippen molar-refractivity contribution < 1.29 is 82.7 Å². The standard InChI is InChI=1S/C61H108N10O17/c1-15-18-19-20-21-22-39(74)29-47(75)62-41(25-32(4)5)53(79)63-40(23-24-48(76)77)52(78)71-51-38(14)88-61(87)50(37(13)17-3)70-58(84)46(31-73)68-55(81)43(27-34(8)9)64-54(80)42(26-33(6)7)65-57(83)45(30-72)67-56(82)44(28-35(10)11)66-59(85)49(36(12)16-2)69-60(51)86/h32-46,49-51,72-74H,15-31H2,1-14H3,(H,62,75)(H,63,79)(H,64,80)(H,65,83)(H,66,85)(H,67,82)(H,68,81)(H,69,86)(H,70,84)(H,71,78)(H,76,77)/t36-,37-,38+,39+,40-,41+,42-,43-,44-,45+,46-,49-,50-,51+/m0/s1. The summed E-state index contributed by atoms with van der Waals surface area (Å²) in [7, 11) is 0. The predicted octanol–water partition coefficient (Wildman–Crippen LogP) is 1.02. The van der Waals surface area contributed by atoms with Crippen molar-refractivity contribution in [2.75, 3.05) is 13.2 Å². The maximum atomic E-state index is 15.0. The Kier molecular flexibility index (Phi) is 37.0. The number of esters is 1. The number of carboxylic acids is 1. The highest BCUT2D eigenvalue weighted by Crippen LogP contribution is 2.18. The van der Waals surface area contributed by atoms with Crippen LogP contribution in [0.25, 0.3) is 0 Å². The van der Waals surface area contributed by atoms with Crippen LogP contribution in [0.2, 0.25) is 0 Å². The molecule has 1 rings (SSSR count).